The number of allylic oxidation sites excluding steroid dienone is 3. The van der Waals surface area contributed by atoms with E-state index < -0.39 is 28.5 Å². The number of fused-ring (bicyclic) bond motifs is 3. The number of hydrogen-bond donors (Lipinski definition) is 0. The summed E-state index contributed by atoms with van der Waals surface area (Å²) in [6.45, 7) is 12.2. The van der Waals surface area contributed by atoms with E-state index in [1.54, 1.807) is 26.4 Å². The van der Waals surface area contributed by atoms with E-state index in [0.717, 1.165) is 17.7 Å². The van der Waals surface area contributed by atoms with Crippen LogP contribution in [0, 0.1) is 28.1 Å². The molecule has 0 bridgehead atoms. The first-order chi connectivity index (χ1) is 20.0. The van der Waals surface area contributed by atoms with Crippen LogP contribution in [-0.2, 0) is 33.3 Å². The average molecular weight is 579 g/mol. The van der Waals surface area contributed by atoms with Gasteiger partial charge in [0.2, 0.25) is 0 Å². The average Bonchev–Trinajstić information content (AvgIpc) is 3.76. The summed E-state index contributed by atoms with van der Waals surface area (Å²) >= 11 is 0. The molecule has 1 spiro atoms. The predicted molar refractivity (Wildman–Crippen MR) is 152 cm³/mol. The second-order valence-corrected chi connectivity index (χ2v) is 13.8. The van der Waals surface area contributed by atoms with Gasteiger partial charge in [0.1, 0.15) is 12.2 Å². The molecule has 3 heterocycles. The molecule has 11 atom stereocenters. The number of carbonyl (C=O) groups is 2. The fourth-order valence-corrected chi connectivity index (χ4v) is 10.3. The lowest BCUT2D eigenvalue weighted by Gasteiger charge is -2.64. The Hall–Kier alpha value is -2.84. The van der Waals surface area contributed by atoms with Crippen LogP contribution in [0.3, 0.4) is 0 Å². The van der Waals surface area contributed by atoms with Crippen LogP contribution in [-0.4, -0.2) is 56.2 Å². The SMILES string of the molecule is C/C=C(\C)C(=O)O[C@H]1C[C@@H](OC(C)=O)[C@@]2(C)CO[C@@H]3C2[C@@]1(C)[C@H]1CC(OC)=C[C@]12C1=C(C)C(c4ccoc4)C[C@H]1O[C@H]32. The topological polar surface area (TPSA) is 93.4 Å². The van der Waals surface area contributed by atoms with E-state index in [9.17, 15) is 9.59 Å². The van der Waals surface area contributed by atoms with E-state index in [4.69, 9.17) is 28.1 Å². The maximum absolute atomic E-state index is 13.4. The molecule has 4 fully saturated rings. The van der Waals surface area contributed by atoms with E-state index in [0.29, 0.717) is 25.0 Å². The van der Waals surface area contributed by atoms with Gasteiger partial charge in [-0.2, -0.15) is 0 Å². The summed E-state index contributed by atoms with van der Waals surface area (Å²) < 4.78 is 37.8. The van der Waals surface area contributed by atoms with E-state index in [1.807, 2.05) is 19.3 Å². The molecule has 226 valence electrons. The van der Waals surface area contributed by atoms with Crippen molar-refractivity contribution in [3.05, 3.63) is 58.8 Å². The van der Waals surface area contributed by atoms with Crippen LogP contribution in [0.5, 0.6) is 0 Å². The summed E-state index contributed by atoms with van der Waals surface area (Å²) in [5.74, 6) is 0.438. The van der Waals surface area contributed by atoms with Gasteiger partial charge in [-0.25, -0.2) is 4.79 Å². The van der Waals surface area contributed by atoms with Crippen molar-refractivity contribution in [2.75, 3.05) is 13.7 Å². The van der Waals surface area contributed by atoms with Gasteiger partial charge in [0, 0.05) is 53.4 Å². The van der Waals surface area contributed by atoms with Crippen LogP contribution in [0.2, 0.25) is 0 Å². The largest absolute Gasteiger partial charge is 0.501 e. The number of esters is 2. The minimum Gasteiger partial charge on any atom is -0.501 e. The molecule has 0 aromatic carbocycles. The number of ether oxygens (including phenoxy) is 5. The zero-order chi connectivity index (χ0) is 29.8. The summed E-state index contributed by atoms with van der Waals surface area (Å²) in [7, 11) is 1.74. The number of methoxy groups -OCH3 is 1. The Labute approximate surface area is 247 Å². The molecule has 6 aliphatic rings. The molecule has 2 aliphatic heterocycles. The molecule has 42 heavy (non-hydrogen) atoms. The Morgan fingerprint density at radius 2 is 1.90 bits per heavy atom. The summed E-state index contributed by atoms with van der Waals surface area (Å²) in [5.41, 5.74) is 2.92. The van der Waals surface area contributed by atoms with Crippen LogP contribution in [0.4, 0.5) is 0 Å². The predicted octanol–water partition coefficient (Wildman–Crippen LogP) is 5.64. The van der Waals surface area contributed by atoms with Crippen LogP contribution >= 0.6 is 0 Å². The van der Waals surface area contributed by atoms with Crippen LogP contribution in [0.15, 0.2) is 57.6 Å². The van der Waals surface area contributed by atoms with Gasteiger partial charge in [-0.1, -0.05) is 25.5 Å². The molecular weight excluding hydrogens is 536 g/mol. The summed E-state index contributed by atoms with van der Waals surface area (Å²) in [5, 5.41) is 0. The fourth-order valence-electron chi connectivity index (χ4n) is 10.3. The molecule has 0 radical (unpaired) electrons. The first-order valence-corrected chi connectivity index (χ1v) is 15.3. The lowest BCUT2D eigenvalue weighted by atomic mass is 9.40. The monoisotopic (exact) mass is 578 g/mol. The molecule has 2 saturated carbocycles. The molecule has 2 saturated heterocycles. The molecule has 2 unspecified atom stereocenters. The molecule has 7 rings (SSSR count). The van der Waals surface area contributed by atoms with Crippen molar-refractivity contribution in [2.24, 2.45) is 28.1 Å². The smallest absolute Gasteiger partial charge is 0.333 e. The van der Waals surface area contributed by atoms with Crippen molar-refractivity contribution in [1.29, 1.82) is 0 Å². The first-order valence-electron chi connectivity index (χ1n) is 15.3. The number of hydrogen-bond acceptors (Lipinski definition) is 8. The maximum atomic E-state index is 13.4. The Morgan fingerprint density at radius 3 is 2.57 bits per heavy atom. The molecule has 8 heteroatoms. The molecule has 1 aromatic rings. The summed E-state index contributed by atoms with van der Waals surface area (Å²) in [4.78, 5) is 25.7. The highest BCUT2D eigenvalue weighted by atomic mass is 16.6. The maximum Gasteiger partial charge on any atom is 0.333 e. The normalized spacial score (nSPS) is 45.1. The number of rotatable bonds is 5. The molecule has 1 aromatic heterocycles. The van der Waals surface area contributed by atoms with E-state index in [-0.39, 0.29) is 48.0 Å². The third-order valence-corrected chi connectivity index (χ3v) is 12.1. The van der Waals surface area contributed by atoms with Crippen LogP contribution < -0.4 is 0 Å². The molecular formula is C34H42O8. The Balaban J connectivity index is 1.42. The van der Waals surface area contributed by atoms with Gasteiger partial charge in [-0.15, -0.1) is 0 Å². The van der Waals surface area contributed by atoms with Gasteiger partial charge in [0.25, 0.3) is 0 Å². The zero-order valence-corrected chi connectivity index (χ0v) is 25.6. The Bertz CT molecular complexity index is 1400. The minimum absolute atomic E-state index is 0.0345. The van der Waals surface area contributed by atoms with Gasteiger partial charge in [0.15, 0.2) is 0 Å². The quantitative estimate of drug-likeness (QED) is 0.252. The van der Waals surface area contributed by atoms with Crippen molar-refractivity contribution >= 4 is 11.9 Å². The van der Waals surface area contributed by atoms with Crippen molar-refractivity contribution in [3.8, 4) is 0 Å². The highest BCUT2D eigenvalue weighted by Gasteiger charge is 2.80. The van der Waals surface area contributed by atoms with E-state index >= 15 is 0 Å². The van der Waals surface area contributed by atoms with Gasteiger partial charge in [-0.05, 0) is 56.4 Å². The third kappa shape index (κ3) is 3.42. The van der Waals surface area contributed by atoms with E-state index in [2.05, 4.69) is 26.8 Å². The van der Waals surface area contributed by atoms with Crippen molar-refractivity contribution < 1.29 is 37.7 Å². The van der Waals surface area contributed by atoms with Gasteiger partial charge in [0.05, 0.1) is 50.3 Å². The Morgan fingerprint density at radius 1 is 1.12 bits per heavy atom. The first kappa shape index (κ1) is 28.0. The van der Waals surface area contributed by atoms with Crippen molar-refractivity contribution in [2.45, 2.75) is 97.2 Å². The zero-order valence-electron chi connectivity index (χ0n) is 25.6. The fraction of sp³-hybridized carbons (Fsp3) is 0.647. The van der Waals surface area contributed by atoms with Gasteiger partial charge >= 0.3 is 11.9 Å². The third-order valence-electron chi connectivity index (χ3n) is 12.1. The van der Waals surface area contributed by atoms with Crippen LogP contribution in [0.25, 0.3) is 0 Å². The lowest BCUT2D eigenvalue weighted by Crippen LogP contribution is -2.70. The molecule has 8 nitrogen and oxygen atoms in total. The number of furan rings is 1. The van der Waals surface area contributed by atoms with Gasteiger partial charge in [-0.3, -0.25) is 4.79 Å². The highest BCUT2D eigenvalue weighted by Crippen LogP contribution is 2.76. The van der Waals surface area contributed by atoms with E-state index in [1.165, 1.54) is 18.1 Å². The van der Waals surface area contributed by atoms with Crippen molar-refractivity contribution in [3.63, 3.8) is 0 Å². The molecule has 0 amide bonds. The standard InChI is InChI=1S/C34H42O8/c1-8-17(2)31(36)42-26-13-25(40-19(4)35)32(5)16-39-28-29(32)33(26,6)24-11-21(37-7)14-34(24)27-18(3)22(20-9-10-38-15-20)12-23(27)41-30(28)34/h8-10,14-15,22-26,28-30H,11-13,16H2,1-7H3/b17-8+/t22?,23-,24-,25-,26+,28-,29?,30-,32-,33+,34-/m1/s1. The summed E-state index contributed by atoms with van der Waals surface area (Å²) in [6, 6.07) is 2.05. The second kappa shape index (κ2) is 9.33. The van der Waals surface area contributed by atoms with Crippen molar-refractivity contribution in [1.82, 2.24) is 0 Å². The molecule has 0 N–H and O–H groups in total. The summed E-state index contributed by atoms with van der Waals surface area (Å²) in [6.07, 6.45) is 8.16. The van der Waals surface area contributed by atoms with Gasteiger partial charge < -0.3 is 28.1 Å². The van der Waals surface area contributed by atoms with Crippen LogP contribution in [0.1, 0.15) is 72.3 Å². The second-order valence-electron chi connectivity index (χ2n) is 13.8. The highest BCUT2D eigenvalue weighted by molar-refractivity contribution is 5.87. The molecule has 4 aliphatic carbocycles. The number of carbonyl (C=O) groups excluding carboxylic acids is 2. The Kier molecular flexibility index (Phi) is 6.21. The lowest BCUT2D eigenvalue weighted by molar-refractivity contribution is -0.243. The minimum atomic E-state index is -0.511.